The molecule has 0 fully saturated rings. The first-order chi connectivity index (χ1) is 6.35. The van der Waals surface area contributed by atoms with Crippen LogP contribution in [0.3, 0.4) is 0 Å². The van der Waals surface area contributed by atoms with Gasteiger partial charge in [-0.3, -0.25) is 4.90 Å². The van der Waals surface area contributed by atoms with Crippen molar-refractivity contribution in [3.8, 4) is 37.0 Å². The molecule has 0 aromatic carbocycles. The Morgan fingerprint density at radius 1 is 1.00 bits per heavy atom. The van der Waals surface area contributed by atoms with Gasteiger partial charge in [0, 0.05) is 6.54 Å². The van der Waals surface area contributed by atoms with E-state index in [9.17, 15) is 0 Å². The molecule has 2 heteroatoms. The molecule has 0 aromatic heterocycles. The second-order valence-electron chi connectivity index (χ2n) is 2.38. The molecule has 0 atom stereocenters. The van der Waals surface area contributed by atoms with Gasteiger partial charge in [0.25, 0.3) is 0 Å². The van der Waals surface area contributed by atoms with Crippen molar-refractivity contribution in [2.45, 2.75) is 0 Å². The van der Waals surface area contributed by atoms with Gasteiger partial charge in [0.1, 0.15) is 6.61 Å². The number of rotatable bonds is 6. The third-order valence-corrected chi connectivity index (χ3v) is 1.37. The van der Waals surface area contributed by atoms with Crippen molar-refractivity contribution in [2.24, 2.45) is 0 Å². The summed E-state index contributed by atoms with van der Waals surface area (Å²) in [7, 11) is 0. The molecule has 0 aliphatic heterocycles. The highest BCUT2D eigenvalue weighted by Crippen LogP contribution is 1.86. The average molecular weight is 175 g/mol. The molecule has 0 aliphatic carbocycles. The Labute approximate surface area is 80.3 Å². The Balaban J connectivity index is 3.54. The first-order valence-corrected chi connectivity index (χ1v) is 3.95. The number of terminal acetylenes is 3. The van der Waals surface area contributed by atoms with Crippen LogP contribution < -0.4 is 0 Å². The van der Waals surface area contributed by atoms with Crippen LogP contribution in [0.1, 0.15) is 0 Å². The molecule has 2 nitrogen and oxygen atoms in total. The highest BCUT2D eigenvalue weighted by molar-refractivity contribution is 4.94. The lowest BCUT2D eigenvalue weighted by Gasteiger charge is -2.15. The van der Waals surface area contributed by atoms with Gasteiger partial charge in [0.15, 0.2) is 0 Å². The van der Waals surface area contributed by atoms with Crippen molar-refractivity contribution in [2.75, 3.05) is 32.8 Å². The maximum atomic E-state index is 5.16. The van der Waals surface area contributed by atoms with Crippen LogP contribution in [0.25, 0.3) is 0 Å². The van der Waals surface area contributed by atoms with Gasteiger partial charge in [-0.2, -0.15) is 0 Å². The minimum atomic E-state index is 0.333. The normalized spacial score (nSPS) is 8.77. The molecule has 0 radical (unpaired) electrons. The van der Waals surface area contributed by atoms with Gasteiger partial charge in [-0.25, -0.2) is 0 Å². The Morgan fingerprint density at radius 2 is 1.62 bits per heavy atom. The summed E-state index contributed by atoms with van der Waals surface area (Å²) in [5.41, 5.74) is 0. The minimum Gasteiger partial charge on any atom is -0.367 e. The van der Waals surface area contributed by atoms with Crippen molar-refractivity contribution in [3.05, 3.63) is 0 Å². The van der Waals surface area contributed by atoms with Crippen LogP contribution in [-0.2, 0) is 4.74 Å². The molecule has 0 unspecified atom stereocenters. The lowest BCUT2D eigenvalue weighted by atomic mass is 10.4. The Kier molecular flexibility index (Phi) is 7.76. The molecule has 0 amide bonds. The number of ether oxygens (including phenoxy) is 1. The van der Waals surface area contributed by atoms with E-state index in [0.717, 1.165) is 6.54 Å². The van der Waals surface area contributed by atoms with E-state index in [-0.39, 0.29) is 0 Å². The zero-order valence-corrected chi connectivity index (χ0v) is 7.62. The van der Waals surface area contributed by atoms with Gasteiger partial charge < -0.3 is 4.74 Å². The van der Waals surface area contributed by atoms with Gasteiger partial charge in [0.2, 0.25) is 0 Å². The molecule has 0 saturated heterocycles. The molecule has 0 N–H and O–H groups in total. The topological polar surface area (TPSA) is 12.5 Å². The fourth-order valence-electron chi connectivity index (χ4n) is 0.797. The number of hydrogen-bond donors (Lipinski definition) is 0. The van der Waals surface area contributed by atoms with Crippen molar-refractivity contribution in [1.29, 1.82) is 0 Å². The number of nitrogens with zero attached hydrogens (tertiary/aromatic N) is 1. The maximum absolute atomic E-state index is 5.16. The summed E-state index contributed by atoms with van der Waals surface area (Å²) in [6.45, 7) is 2.71. The van der Waals surface area contributed by atoms with Crippen LogP contribution in [0.4, 0.5) is 0 Å². The SMILES string of the molecule is C#CCOCCN(CC#C)CC#C. The molecule has 0 bridgehead atoms. The second kappa shape index (κ2) is 8.69. The highest BCUT2D eigenvalue weighted by Gasteiger charge is 1.99. The summed E-state index contributed by atoms with van der Waals surface area (Å²) in [5, 5.41) is 0. The highest BCUT2D eigenvalue weighted by atomic mass is 16.5. The predicted octanol–water partition coefficient (Wildman–Crippen LogP) is 0.205. The lowest BCUT2D eigenvalue weighted by Crippen LogP contribution is -2.28. The molecule has 0 heterocycles. The minimum absolute atomic E-state index is 0.333. The zero-order chi connectivity index (χ0) is 9.94. The Bertz CT molecular complexity index is 222. The van der Waals surface area contributed by atoms with E-state index in [0.29, 0.717) is 26.3 Å². The molecular formula is C11H13NO. The van der Waals surface area contributed by atoms with Crippen LogP contribution in [0.2, 0.25) is 0 Å². The van der Waals surface area contributed by atoms with Gasteiger partial charge >= 0.3 is 0 Å². The van der Waals surface area contributed by atoms with Crippen LogP contribution in [0, 0.1) is 37.0 Å². The summed E-state index contributed by atoms with van der Waals surface area (Å²) in [4.78, 5) is 1.94. The van der Waals surface area contributed by atoms with Gasteiger partial charge in [-0.05, 0) is 0 Å². The molecule has 0 aromatic rings. The standard InChI is InChI=1S/C11H13NO/c1-4-7-12(8-5-2)9-11-13-10-6-3/h1-3H,7-11H2. The maximum Gasteiger partial charge on any atom is 0.107 e. The number of hydrogen-bond acceptors (Lipinski definition) is 2. The summed E-state index contributed by atoms with van der Waals surface area (Å²) in [5.74, 6) is 7.44. The molecule has 0 aliphatic rings. The smallest absolute Gasteiger partial charge is 0.107 e. The predicted molar refractivity (Wildman–Crippen MR) is 53.8 cm³/mol. The third-order valence-electron chi connectivity index (χ3n) is 1.37. The van der Waals surface area contributed by atoms with Gasteiger partial charge in [0.05, 0.1) is 19.7 Å². The molecule has 68 valence electrons. The van der Waals surface area contributed by atoms with E-state index in [1.165, 1.54) is 0 Å². The summed E-state index contributed by atoms with van der Waals surface area (Å²) >= 11 is 0. The van der Waals surface area contributed by atoms with Crippen LogP contribution in [0.15, 0.2) is 0 Å². The van der Waals surface area contributed by atoms with E-state index in [1.54, 1.807) is 0 Å². The Hall–Kier alpha value is -1.40. The Morgan fingerprint density at radius 3 is 2.08 bits per heavy atom. The fourth-order valence-corrected chi connectivity index (χ4v) is 0.797. The van der Waals surface area contributed by atoms with E-state index in [2.05, 4.69) is 17.8 Å². The third kappa shape index (κ3) is 6.98. The van der Waals surface area contributed by atoms with Gasteiger partial charge in [-0.1, -0.05) is 17.8 Å². The molecule has 0 spiro atoms. The first kappa shape index (κ1) is 11.6. The summed E-state index contributed by atoms with van der Waals surface area (Å²) in [6.07, 6.45) is 15.3. The summed E-state index contributed by atoms with van der Waals surface area (Å²) < 4.78 is 5.09. The van der Waals surface area contributed by atoms with Crippen LogP contribution in [0.5, 0.6) is 0 Å². The summed E-state index contributed by atoms with van der Waals surface area (Å²) in [6, 6.07) is 0. The van der Waals surface area contributed by atoms with Gasteiger partial charge in [-0.15, -0.1) is 19.3 Å². The average Bonchev–Trinajstić information content (AvgIpc) is 2.13. The fraction of sp³-hybridized carbons (Fsp3) is 0.455. The zero-order valence-electron chi connectivity index (χ0n) is 7.62. The largest absolute Gasteiger partial charge is 0.367 e. The van der Waals surface area contributed by atoms with E-state index >= 15 is 0 Å². The van der Waals surface area contributed by atoms with E-state index < -0.39 is 0 Å². The molecule has 0 rings (SSSR count). The molecular weight excluding hydrogens is 162 g/mol. The van der Waals surface area contributed by atoms with Crippen molar-refractivity contribution >= 4 is 0 Å². The molecule has 0 saturated carbocycles. The quantitative estimate of drug-likeness (QED) is 0.422. The van der Waals surface area contributed by atoms with Crippen molar-refractivity contribution < 1.29 is 4.74 Å². The second-order valence-corrected chi connectivity index (χ2v) is 2.38. The van der Waals surface area contributed by atoms with Crippen molar-refractivity contribution in [1.82, 2.24) is 4.90 Å². The van der Waals surface area contributed by atoms with E-state index in [1.807, 2.05) is 4.90 Å². The van der Waals surface area contributed by atoms with Crippen LogP contribution >= 0.6 is 0 Å². The lowest BCUT2D eigenvalue weighted by molar-refractivity contribution is 0.138. The van der Waals surface area contributed by atoms with Crippen molar-refractivity contribution in [3.63, 3.8) is 0 Å². The van der Waals surface area contributed by atoms with Crippen LogP contribution in [-0.4, -0.2) is 37.7 Å². The monoisotopic (exact) mass is 175 g/mol. The molecule has 13 heavy (non-hydrogen) atoms. The van der Waals surface area contributed by atoms with E-state index in [4.69, 9.17) is 24.0 Å². The first-order valence-electron chi connectivity index (χ1n) is 3.95.